The zero-order valence-electron chi connectivity index (χ0n) is 6.58. The molecule has 0 aliphatic heterocycles. The van der Waals surface area contributed by atoms with Gasteiger partial charge < -0.3 is 10.4 Å². The van der Waals surface area contributed by atoms with Crippen LogP contribution in [0.15, 0.2) is 0 Å². The van der Waals surface area contributed by atoms with E-state index >= 15 is 0 Å². The fourth-order valence-corrected chi connectivity index (χ4v) is 1.70. The van der Waals surface area contributed by atoms with Gasteiger partial charge in [-0.3, -0.25) is 0 Å². The first-order chi connectivity index (χ1) is 5.38. The minimum Gasteiger partial charge on any atom is -0.396 e. The maximum Gasteiger partial charge on any atom is 0.0843 e. The highest BCUT2D eigenvalue weighted by Gasteiger charge is 2.25. The number of nitrogens with zero attached hydrogens (tertiary/aromatic N) is 1. The van der Waals surface area contributed by atoms with Crippen LogP contribution in [0.4, 0.5) is 0 Å². The van der Waals surface area contributed by atoms with Crippen LogP contribution in [0, 0.1) is 17.2 Å². The number of nitrogens with one attached hydrogen (secondary N) is 1. The van der Waals surface area contributed by atoms with E-state index in [-0.39, 0.29) is 6.61 Å². The molecule has 1 saturated carbocycles. The molecule has 1 aliphatic carbocycles. The average molecular weight is 154 g/mol. The van der Waals surface area contributed by atoms with Crippen LogP contribution in [0.5, 0.6) is 0 Å². The SMILES string of the molecule is N#CCNC1CCCC1CO. The van der Waals surface area contributed by atoms with Gasteiger partial charge in [-0.15, -0.1) is 0 Å². The fourth-order valence-electron chi connectivity index (χ4n) is 1.70. The summed E-state index contributed by atoms with van der Waals surface area (Å²) in [5.41, 5.74) is 0. The first-order valence-electron chi connectivity index (χ1n) is 4.09. The summed E-state index contributed by atoms with van der Waals surface area (Å²) >= 11 is 0. The Hall–Kier alpha value is -0.590. The van der Waals surface area contributed by atoms with E-state index in [0.717, 1.165) is 12.8 Å². The smallest absolute Gasteiger partial charge is 0.0843 e. The highest BCUT2D eigenvalue weighted by Crippen LogP contribution is 2.24. The first-order valence-corrected chi connectivity index (χ1v) is 4.09. The van der Waals surface area contributed by atoms with Crippen LogP contribution >= 0.6 is 0 Å². The summed E-state index contributed by atoms with van der Waals surface area (Å²) in [7, 11) is 0. The number of hydrogen-bond donors (Lipinski definition) is 2. The highest BCUT2D eigenvalue weighted by atomic mass is 16.3. The van der Waals surface area contributed by atoms with E-state index in [9.17, 15) is 0 Å². The number of aliphatic hydroxyl groups is 1. The van der Waals surface area contributed by atoms with Gasteiger partial charge in [-0.25, -0.2) is 0 Å². The van der Waals surface area contributed by atoms with Crippen molar-refractivity contribution in [2.24, 2.45) is 5.92 Å². The lowest BCUT2D eigenvalue weighted by Crippen LogP contribution is -2.34. The van der Waals surface area contributed by atoms with Gasteiger partial charge in [0.05, 0.1) is 12.6 Å². The second kappa shape index (κ2) is 4.32. The van der Waals surface area contributed by atoms with E-state index in [1.165, 1.54) is 6.42 Å². The van der Waals surface area contributed by atoms with Crippen LogP contribution < -0.4 is 5.32 Å². The fraction of sp³-hybridized carbons (Fsp3) is 0.875. The van der Waals surface area contributed by atoms with Gasteiger partial charge in [-0.1, -0.05) is 6.42 Å². The van der Waals surface area contributed by atoms with E-state index in [4.69, 9.17) is 10.4 Å². The molecule has 0 heterocycles. The normalized spacial score (nSPS) is 30.2. The van der Waals surface area contributed by atoms with Crippen molar-refractivity contribution in [1.82, 2.24) is 5.32 Å². The van der Waals surface area contributed by atoms with Gasteiger partial charge in [0.2, 0.25) is 0 Å². The molecule has 2 N–H and O–H groups in total. The molecule has 0 radical (unpaired) electrons. The van der Waals surface area contributed by atoms with Gasteiger partial charge in [0.15, 0.2) is 0 Å². The molecule has 1 fully saturated rings. The van der Waals surface area contributed by atoms with Crippen molar-refractivity contribution in [2.75, 3.05) is 13.2 Å². The lowest BCUT2D eigenvalue weighted by atomic mass is 10.1. The van der Waals surface area contributed by atoms with Gasteiger partial charge in [0, 0.05) is 12.6 Å². The van der Waals surface area contributed by atoms with Crippen molar-refractivity contribution >= 4 is 0 Å². The number of hydrogen-bond acceptors (Lipinski definition) is 3. The third-order valence-corrected chi connectivity index (χ3v) is 2.34. The molecule has 3 nitrogen and oxygen atoms in total. The van der Waals surface area contributed by atoms with E-state index in [0.29, 0.717) is 18.5 Å². The van der Waals surface area contributed by atoms with Crippen molar-refractivity contribution in [1.29, 1.82) is 5.26 Å². The Balaban J connectivity index is 2.27. The number of aliphatic hydroxyl groups excluding tert-OH is 1. The summed E-state index contributed by atoms with van der Waals surface area (Å²) in [6.07, 6.45) is 3.38. The molecule has 1 aliphatic rings. The Morgan fingerprint density at radius 1 is 1.55 bits per heavy atom. The van der Waals surface area contributed by atoms with Crippen molar-refractivity contribution in [3.63, 3.8) is 0 Å². The first kappa shape index (κ1) is 8.51. The lowest BCUT2D eigenvalue weighted by molar-refractivity contribution is 0.207. The molecule has 0 aromatic rings. The molecule has 2 atom stereocenters. The molecule has 1 rings (SSSR count). The third kappa shape index (κ3) is 2.18. The second-order valence-electron chi connectivity index (χ2n) is 3.02. The zero-order chi connectivity index (χ0) is 8.10. The summed E-state index contributed by atoms with van der Waals surface area (Å²) in [4.78, 5) is 0. The lowest BCUT2D eigenvalue weighted by Gasteiger charge is -2.16. The average Bonchev–Trinajstić information content (AvgIpc) is 2.47. The summed E-state index contributed by atoms with van der Waals surface area (Å²) in [5, 5.41) is 20.3. The molecular formula is C8H14N2O. The minimum absolute atomic E-state index is 0.253. The Kier molecular flexibility index (Phi) is 3.34. The second-order valence-corrected chi connectivity index (χ2v) is 3.02. The Morgan fingerprint density at radius 3 is 3.00 bits per heavy atom. The standard InChI is InChI=1S/C8H14N2O/c9-4-5-10-8-3-1-2-7(8)6-11/h7-8,10-11H,1-3,5-6H2. The van der Waals surface area contributed by atoms with Crippen LogP contribution in [-0.2, 0) is 0 Å². The molecule has 0 amide bonds. The van der Waals surface area contributed by atoms with Crippen molar-refractivity contribution < 1.29 is 5.11 Å². The largest absolute Gasteiger partial charge is 0.396 e. The Labute approximate surface area is 67.0 Å². The van der Waals surface area contributed by atoms with Crippen molar-refractivity contribution in [3.8, 4) is 6.07 Å². The maximum absolute atomic E-state index is 8.91. The topological polar surface area (TPSA) is 56.0 Å². The summed E-state index contributed by atoms with van der Waals surface area (Å²) < 4.78 is 0. The molecule has 2 unspecified atom stereocenters. The molecule has 0 aromatic carbocycles. The van der Waals surface area contributed by atoms with Crippen molar-refractivity contribution in [3.05, 3.63) is 0 Å². The summed E-state index contributed by atoms with van der Waals surface area (Å²) in [6.45, 7) is 0.657. The van der Waals surface area contributed by atoms with Gasteiger partial charge in [0.1, 0.15) is 0 Å². The number of rotatable bonds is 3. The van der Waals surface area contributed by atoms with E-state index in [2.05, 4.69) is 5.32 Å². The van der Waals surface area contributed by atoms with Gasteiger partial charge in [-0.2, -0.15) is 5.26 Å². The molecule has 0 aromatic heterocycles. The molecular weight excluding hydrogens is 140 g/mol. The third-order valence-electron chi connectivity index (χ3n) is 2.34. The minimum atomic E-state index is 0.253. The quantitative estimate of drug-likeness (QED) is 0.573. The van der Waals surface area contributed by atoms with Crippen LogP contribution in [0.3, 0.4) is 0 Å². The van der Waals surface area contributed by atoms with E-state index < -0.39 is 0 Å². The highest BCUT2D eigenvalue weighted by molar-refractivity contribution is 4.86. The summed E-state index contributed by atoms with van der Waals surface area (Å²) in [5.74, 6) is 0.378. The van der Waals surface area contributed by atoms with Gasteiger partial charge in [0.25, 0.3) is 0 Å². The van der Waals surface area contributed by atoms with Crippen molar-refractivity contribution in [2.45, 2.75) is 25.3 Å². The molecule has 0 saturated heterocycles. The summed E-state index contributed by atoms with van der Waals surface area (Å²) in [6, 6.07) is 2.42. The van der Waals surface area contributed by atoms with Crippen LogP contribution in [0.25, 0.3) is 0 Å². The van der Waals surface area contributed by atoms with Crippen LogP contribution in [0.1, 0.15) is 19.3 Å². The molecule has 0 spiro atoms. The monoisotopic (exact) mass is 154 g/mol. The van der Waals surface area contributed by atoms with Gasteiger partial charge >= 0.3 is 0 Å². The van der Waals surface area contributed by atoms with Crippen LogP contribution in [-0.4, -0.2) is 24.3 Å². The van der Waals surface area contributed by atoms with E-state index in [1.807, 2.05) is 6.07 Å². The molecule has 0 bridgehead atoms. The molecule has 11 heavy (non-hydrogen) atoms. The predicted octanol–water partition coefficient (Wildman–Crippen LogP) is 0.261. The zero-order valence-corrected chi connectivity index (χ0v) is 6.58. The Morgan fingerprint density at radius 2 is 2.36 bits per heavy atom. The van der Waals surface area contributed by atoms with E-state index in [1.54, 1.807) is 0 Å². The van der Waals surface area contributed by atoms with Gasteiger partial charge in [-0.05, 0) is 18.8 Å². The van der Waals surface area contributed by atoms with Crippen LogP contribution in [0.2, 0.25) is 0 Å². The molecule has 62 valence electrons. The Bertz CT molecular complexity index is 153. The number of nitriles is 1. The molecule has 3 heteroatoms. The maximum atomic E-state index is 8.91. The predicted molar refractivity (Wildman–Crippen MR) is 41.8 cm³/mol.